The van der Waals surface area contributed by atoms with E-state index in [0.717, 1.165) is 12.0 Å². The van der Waals surface area contributed by atoms with Crippen LogP contribution >= 0.6 is 0 Å². The summed E-state index contributed by atoms with van der Waals surface area (Å²) in [7, 11) is 0. The molecule has 0 radical (unpaired) electrons. The number of rotatable bonds is 9. The van der Waals surface area contributed by atoms with E-state index in [1.165, 1.54) is 6.92 Å². The van der Waals surface area contributed by atoms with E-state index in [1.807, 2.05) is 25.1 Å². The van der Waals surface area contributed by atoms with Gasteiger partial charge in [-0.25, -0.2) is 0 Å². The Bertz CT molecular complexity index is 670. The van der Waals surface area contributed by atoms with Gasteiger partial charge in [0.1, 0.15) is 5.75 Å². The van der Waals surface area contributed by atoms with Gasteiger partial charge in [-0.15, -0.1) is 0 Å². The molecule has 7 heteroatoms. The number of aliphatic carboxylic acids is 1. The van der Waals surface area contributed by atoms with E-state index in [0.29, 0.717) is 25.2 Å². The zero-order valence-corrected chi connectivity index (χ0v) is 15.2. The molecule has 1 aromatic rings. The first-order valence-electron chi connectivity index (χ1n) is 8.87. The van der Waals surface area contributed by atoms with Crippen LogP contribution in [0.25, 0.3) is 0 Å². The first kappa shape index (κ1) is 19.8. The number of carbonyl (C=O) groups excluding carboxylic acids is 2. The van der Waals surface area contributed by atoms with E-state index in [2.05, 4.69) is 10.6 Å². The number of ether oxygens (including phenoxy) is 1. The van der Waals surface area contributed by atoms with Crippen LogP contribution < -0.4 is 15.4 Å². The quantitative estimate of drug-likeness (QED) is 0.624. The average molecular weight is 362 g/mol. The Kier molecular flexibility index (Phi) is 6.60. The van der Waals surface area contributed by atoms with Crippen LogP contribution in [0.4, 0.5) is 0 Å². The Morgan fingerprint density at radius 2 is 1.96 bits per heavy atom. The summed E-state index contributed by atoms with van der Waals surface area (Å²) in [5.74, 6) is -0.843. The van der Waals surface area contributed by atoms with Crippen molar-refractivity contribution in [3.05, 3.63) is 29.8 Å². The molecule has 2 rings (SSSR count). The van der Waals surface area contributed by atoms with Gasteiger partial charge < -0.3 is 20.5 Å². The van der Waals surface area contributed by atoms with Crippen molar-refractivity contribution in [3.8, 4) is 5.75 Å². The molecule has 0 aliphatic heterocycles. The van der Waals surface area contributed by atoms with Gasteiger partial charge in [-0.1, -0.05) is 18.2 Å². The van der Waals surface area contributed by atoms with Gasteiger partial charge in [0, 0.05) is 12.5 Å². The molecule has 0 spiro atoms. The predicted octanol–water partition coefficient (Wildman–Crippen LogP) is 2.17. The third kappa shape index (κ3) is 5.21. The Hall–Kier alpha value is -2.57. The largest absolute Gasteiger partial charge is 0.494 e. The molecule has 7 nitrogen and oxygen atoms in total. The summed E-state index contributed by atoms with van der Waals surface area (Å²) in [5.41, 5.74) is 0.0592. The Morgan fingerprint density at radius 1 is 1.27 bits per heavy atom. The molecule has 0 aromatic heterocycles. The van der Waals surface area contributed by atoms with Crippen molar-refractivity contribution in [1.29, 1.82) is 0 Å². The summed E-state index contributed by atoms with van der Waals surface area (Å²) in [5, 5.41) is 14.7. The van der Waals surface area contributed by atoms with Gasteiger partial charge >= 0.3 is 5.97 Å². The Morgan fingerprint density at radius 3 is 2.50 bits per heavy atom. The molecule has 3 N–H and O–H groups in total. The third-order valence-electron chi connectivity index (χ3n) is 4.57. The zero-order chi connectivity index (χ0) is 19.2. The van der Waals surface area contributed by atoms with Crippen LogP contribution in [0.3, 0.4) is 0 Å². The van der Waals surface area contributed by atoms with Gasteiger partial charge in [0.25, 0.3) is 0 Å². The number of carboxylic acid groups (broad SMARTS) is 1. The second-order valence-electron chi connectivity index (χ2n) is 6.68. The molecule has 1 aliphatic carbocycles. The van der Waals surface area contributed by atoms with Gasteiger partial charge in [0.2, 0.25) is 11.8 Å². The smallest absolute Gasteiger partial charge is 0.305 e. The Balaban J connectivity index is 2.14. The normalized spacial score (nSPS) is 16.1. The number of carboxylic acids is 1. The average Bonchev–Trinajstić information content (AvgIpc) is 2.52. The van der Waals surface area contributed by atoms with Crippen molar-refractivity contribution < 1.29 is 24.2 Å². The van der Waals surface area contributed by atoms with E-state index in [9.17, 15) is 14.4 Å². The summed E-state index contributed by atoms with van der Waals surface area (Å²) < 4.78 is 5.61. The van der Waals surface area contributed by atoms with Crippen LogP contribution in [0.1, 0.15) is 57.6 Å². The molecule has 1 unspecified atom stereocenters. The maximum absolute atomic E-state index is 12.6. The highest BCUT2D eigenvalue weighted by Gasteiger charge is 2.40. The number of hydrogen-bond acceptors (Lipinski definition) is 4. The molecule has 142 valence electrons. The highest BCUT2D eigenvalue weighted by atomic mass is 16.5. The highest BCUT2D eigenvalue weighted by Crippen LogP contribution is 2.35. The van der Waals surface area contributed by atoms with E-state index in [-0.39, 0.29) is 24.7 Å². The minimum absolute atomic E-state index is 0.0189. The van der Waals surface area contributed by atoms with Crippen LogP contribution in [-0.2, 0) is 14.4 Å². The summed E-state index contributed by atoms with van der Waals surface area (Å²) in [4.78, 5) is 35.3. The summed E-state index contributed by atoms with van der Waals surface area (Å²) in [6.45, 7) is 3.73. The van der Waals surface area contributed by atoms with Crippen LogP contribution in [0.2, 0.25) is 0 Å². The van der Waals surface area contributed by atoms with Crippen molar-refractivity contribution >= 4 is 17.8 Å². The molecular weight excluding hydrogens is 336 g/mol. The molecule has 0 bridgehead atoms. The molecule has 1 aliphatic rings. The first-order chi connectivity index (χ1) is 12.3. The second-order valence-corrected chi connectivity index (χ2v) is 6.68. The molecule has 1 saturated carbocycles. The van der Waals surface area contributed by atoms with Crippen molar-refractivity contribution in [2.45, 2.75) is 57.5 Å². The number of hydrogen-bond donors (Lipinski definition) is 3. The summed E-state index contributed by atoms with van der Waals surface area (Å²) in [6, 6.07) is 6.72. The number of amides is 2. The van der Waals surface area contributed by atoms with Crippen LogP contribution in [0, 0.1) is 0 Å². The number of carbonyl (C=O) groups is 3. The van der Waals surface area contributed by atoms with Crippen molar-refractivity contribution in [2.24, 2.45) is 0 Å². The lowest BCUT2D eigenvalue weighted by Crippen LogP contribution is -2.55. The lowest BCUT2D eigenvalue weighted by atomic mass is 9.74. The molecular formula is C19H26N2O5. The topological polar surface area (TPSA) is 105 Å². The van der Waals surface area contributed by atoms with Crippen molar-refractivity contribution in [3.63, 3.8) is 0 Å². The van der Waals surface area contributed by atoms with Gasteiger partial charge in [-0.05, 0) is 32.3 Å². The van der Waals surface area contributed by atoms with Crippen molar-refractivity contribution in [1.82, 2.24) is 10.6 Å². The van der Waals surface area contributed by atoms with Gasteiger partial charge in [-0.3, -0.25) is 14.4 Å². The van der Waals surface area contributed by atoms with E-state index >= 15 is 0 Å². The fourth-order valence-corrected chi connectivity index (χ4v) is 3.31. The SMILES string of the molecule is CCOc1ccccc1C(CC(=O)NC1(CC(=O)O)CCC1)NC(C)=O. The van der Waals surface area contributed by atoms with Crippen LogP contribution in [0.5, 0.6) is 5.75 Å². The zero-order valence-electron chi connectivity index (χ0n) is 15.2. The second kappa shape index (κ2) is 8.69. The molecule has 2 amide bonds. The molecule has 1 atom stereocenters. The van der Waals surface area contributed by atoms with Crippen LogP contribution in [0.15, 0.2) is 24.3 Å². The van der Waals surface area contributed by atoms with E-state index in [1.54, 1.807) is 6.07 Å². The van der Waals surface area contributed by atoms with Crippen LogP contribution in [-0.4, -0.2) is 35.0 Å². The monoisotopic (exact) mass is 362 g/mol. The predicted molar refractivity (Wildman–Crippen MR) is 95.8 cm³/mol. The van der Waals surface area contributed by atoms with Crippen molar-refractivity contribution in [2.75, 3.05) is 6.61 Å². The number of para-hydroxylation sites is 1. The maximum Gasteiger partial charge on any atom is 0.305 e. The lowest BCUT2D eigenvalue weighted by Gasteiger charge is -2.41. The summed E-state index contributed by atoms with van der Waals surface area (Å²) >= 11 is 0. The van der Waals surface area contributed by atoms with E-state index < -0.39 is 17.6 Å². The highest BCUT2D eigenvalue weighted by molar-refractivity contribution is 5.81. The summed E-state index contributed by atoms with van der Waals surface area (Å²) in [6.07, 6.45) is 2.15. The molecule has 1 fully saturated rings. The molecule has 26 heavy (non-hydrogen) atoms. The first-order valence-corrected chi connectivity index (χ1v) is 8.87. The van der Waals surface area contributed by atoms with Gasteiger partial charge in [0.15, 0.2) is 0 Å². The van der Waals surface area contributed by atoms with Gasteiger partial charge in [0.05, 0.1) is 31.0 Å². The number of benzene rings is 1. The number of nitrogens with one attached hydrogen (secondary N) is 2. The lowest BCUT2D eigenvalue weighted by molar-refractivity contribution is -0.140. The molecule has 0 saturated heterocycles. The van der Waals surface area contributed by atoms with E-state index in [4.69, 9.17) is 9.84 Å². The third-order valence-corrected chi connectivity index (χ3v) is 4.57. The standard InChI is InChI=1S/C19H26N2O5/c1-3-26-16-8-5-4-7-14(16)15(20-13(2)22)11-17(23)21-19(9-6-10-19)12-18(24)25/h4-5,7-8,15H,3,6,9-12H2,1-2H3,(H,20,22)(H,21,23)(H,24,25). The molecule has 0 heterocycles. The minimum atomic E-state index is -0.926. The fourth-order valence-electron chi connectivity index (χ4n) is 3.31. The molecule has 1 aromatic carbocycles. The van der Waals surface area contributed by atoms with Gasteiger partial charge in [-0.2, -0.15) is 0 Å². The minimum Gasteiger partial charge on any atom is -0.494 e. The fraction of sp³-hybridized carbons (Fsp3) is 0.526. The maximum atomic E-state index is 12.6. The Labute approximate surface area is 153 Å².